The third kappa shape index (κ3) is 1.89. The minimum Gasteiger partial charge on any atom is -0.396 e. The molecular weight excluding hydrogens is 212 g/mol. The minimum atomic E-state index is 0.0581. The van der Waals surface area contributed by atoms with Crippen LogP contribution < -0.4 is 0 Å². The molecule has 1 saturated heterocycles. The predicted octanol–water partition coefficient (Wildman–Crippen LogP) is 0.824. The van der Waals surface area contributed by atoms with E-state index >= 15 is 0 Å². The van der Waals surface area contributed by atoms with Gasteiger partial charge in [0.25, 0.3) is 5.91 Å². The summed E-state index contributed by atoms with van der Waals surface area (Å²) in [6.07, 6.45) is 0. The van der Waals surface area contributed by atoms with Gasteiger partial charge in [-0.2, -0.15) is 0 Å². The molecule has 0 radical (unpaired) electrons. The molecule has 4 nitrogen and oxygen atoms in total. The van der Waals surface area contributed by atoms with Crippen molar-refractivity contribution in [2.75, 3.05) is 19.7 Å². The van der Waals surface area contributed by atoms with Gasteiger partial charge in [0.1, 0.15) is 4.88 Å². The van der Waals surface area contributed by atoms with Gasteiger partial charge in [0, 0.05) is 25.6 Å². The van der Waals surface area contributed by atoms with Crippen LogP contribution in [-0.4, -0.2) is 40.6 Å². The van der Waals surface area contributed by atoms with Crippen LogP contribution in [0, 0.1) is 19.8 Å². The van der Waals surface area contributed by atoms with Gasteiger partial charge in [-0.3, -0.25) is 4.79 Å². The molecule has 0 unspecified atom stereocenters. The second kappa shape index (κ2) is 3.90. The summed E-state index contributed by atoms with van der Waals surface area (Å²) in [5.74, 6) is 0.325. The minimum absolute atomic E-state index is 0.0581. The number of aliphatic hydroxyl groups is 1. The normalized spacial score (nSPS) is 16.6. The van der Waals surface area contributed by atoms with Crippen molar-refractivity contribution in [3.8, 4) is 0 Å². The Bertz CT molecular complexity index is 383. The zero-order chi connectivity index (χ0) is 11.0. The quantitative estimate of drug-likeness (QED) is 0.812. The van der Waals surface area contributed by atoms with E-state index in [-0.39, 0.29) is 18.4 Å². The van der Waals surface area contributed by atoms with Crippen LogP contribution >= 0.6 is 11.3 Å². The van der Waals surface area contributed by atoms with Gasteiger partial charge in [-0.05, 0) is 13.8 Å². The number of aryl methyl sites for hydroxylation is 2. The predicted molar refractivity (Wildman–Crippen MR) is 58.1 cm³/mol. The molecular formula is C10H14N2O2S. The number of thiazole rings is 1. The lowest BCUT2D eigenvalue weighted by Gasteiger charge is -2.37. The molecule has 2 rings (SSSR count). The highest BCUT2D eigenvalue weighted by Crippen LogP contribution is 2.23. The van der Waals surface area contributed by atoms with Crippen LogP contribution in [0.15, 0.2) is 0 Å². The summed E-state index contributed by atoms with van der Waals surface area (Å²) in [4.78, 5) is 18.7. The van der Waals surface area contributed by atoms with Crippen molar-refractivity contribution in [2.45, 2.75) is 13.8 Å². The average Bonchev–Trinajstić information content (AvgIpc) is 2.43. The first kappa shape index (κ1) is 10.6. The smallest absolute Gasteiger partial charge is 0.265 e. The largest absolute Gasteiger partial charge is 0.396 e. The van der Waals surface area contributed by atoms with E-state index in [1.807, 2.05) is 13.8 Å². The number of carbonyl (C=O) groups excluding carboxylic acids is 1. The van der Waals surface area contributed by atoms with Crippen LogP contribution in [0.4, 0.5) is 0 Å². The molecule has 0 spiro atoms. The molecule has 82 valence electrons. The third-order valence-corrected chi connectivity index (χ3v) is 3.66. The SMILES string of the molecule is Cc1nc(C)c(C(=O)N2CC(CO)C2)s1. The number of nitrogens with zero attached hydrogens (tertiary/aromatic N) is 2. The summed E-state index contributed by atoms with van der Waals surface area (Å²) in [5.41, 5.74) is 0.815. The van der Waals surface area contributed by atoms with E-state index in [2.05, 4.69) is 4.98 Å². The lowest BCUT2D eigenvalue weighted by Crippen LogP contribution is -2.51. The molecule has 0 saturated carbocycles. The van der Waals surface area contributed by atoms with Crippen molar-refractivity contribution >= 4 is 17.2 Å². The van der Waals surface area contributed by atoms with Crippen LogP contribution in [0.5, 0.6) is 0 Å². The first-order valence-electron chi connectivity index (χ1n) is 4.96. The van der Waals surface area contributed by atoms with E-state index < -0.39 is 0 Å². The standard InChI is InChI=1S/C10H14N2O2S/c1-6-9(15-7(2)11-6)10(14)12-3-8(4-12)5-13/h8,13H,3-5H2,1-2H3. The molecule has 1 aliphatic rings. The summed E-state index contributed by atoms with van der Waals surface area (Å²) < 4.78 is 0. The van der Waals surface area contributed by atoms with E-state index in [1.165, 1.54) is 11.3 Å². The molecule has 1 N–H and O–H groups in total. The fourth-order valence-corrected chi connectivity index (χ4v) is 2.61. The molecule has 1 aliphatic heterocycles. The van der Waals surface area contributed by atoms with Crippen LogP contribution in [0.25, 0.3) is 0 Å². The lowest BCUT2D eigenvalue weighted by molar-refractivity contribution is 0.0365. The Kier molecular flexibility index (Phi) is 2.75. The van der Waals surface area contributed by atoms with Crippen LogP contribution in [-0.2, 0) is 0 Å². The van der Waals surface area contributed by atoms with E-state index in [0.717, 1.165) is 15.6 Å². The Morgan fingerprint density at radius 3 is 2.73 bits per heavy atom. The van der Waals surface area contributed by atoms with Crippen molar-refractivity contribution in [1.29, 1.82) is 0 Å². The van der Waals surface area contributed by atoms with Crippen molar-refractivity contribution < 1.29 is 9.90 Å². The Hall–Kier alpha value is -0.940. The molecule has 5 heteroatoms. The Morgan fingerprint density at radius 2 is 2.27 bits per heavy atom. The number of hydrogen-bond donors (Lipinski definition) is 1. The van der Waals surface area contributed by atoms with Gasteiger partial charge in [0.05, 0.1) is 10.7 Å². The summed E-state index contributed by atoms with van der Waals surface area (Å²) in [5, 5.41) is 9.79. The van der Waals surface area contributed by atoms with Gasteiger partial charge >= 0.3 is 0 Å². The van der Waals surface area contributed by atoms with Gasteiger partial charge < -0.3 is 10.0 Å². The fraction of sp³-hybridized carbons (Fsp3) is 0.600. The van der Waals surface area contributed by atoms with Gasteiger partial charge in [-0.25, -0.2) is 4.98 Å². The van der Waals surface area contributed by atoms with Crippen molar-refractivity contribution in [2.24, 2.45) is 5.92 Å². The third-order valence-electron chi connectivity index (χ3n) is 2.60. The molecule has 0 atom stereocenters. The maximum Gasteiger partial charge on any atom is 0.265 e. The number of amides is 1. The van der Waals surface area contributed by atoms with E-state index in [4.69, 9.17) is 5.11 Å². The van der Waals surface area contributed by atoms with Gasteiger partial charge in [0.15, 0.2) is 0 Å². The Labute approximate surface area is 92.6 Å². The maximum atomic E-state index is 11.9. The molecule has 1 amide bonds. The van der Waals surface area contributed by atoms with E-state index in [9.17, 15) is 4.79 Å². The Balaban J connectivity index is 2.06. The molecule has 0 bridgehead atoms. The molecule has 1 aromatic heterocycles. The monoisotopic (exact) mass is 226 g/mol. The van der Waals surface area contributed by atoms with Crippen molar-refractivity contribution in [1.82, 2.24) is 9.88 Å². The molecule has 1 fully saturated rings. The zero-order valence-corrected chi connectivity index (χ0v) is 9.67. The molecule has 15 heavy (non-hydrogen) atoms. The number of carbonyl (C=O) groups is 1. The van der Waals surface area contributed by atoms with E-state index in [1.54, 1.807) is 4.90 Å². The number of hydrogen-bond acceptors (Lipinski definition) is 4. The van der Waals surface area contributed by atoms with Crippen molar-refractivity contribution in [3.63, 3.8) is 0 Å². The Morgan fingerprint density at radius 1 is 1.60 bits per heavy atom. The van der Waals surface area contributed by atoms with Gasteiger partial charge in [0.2, 0.25) is 0 Å². The number of likely N-dealkylation sites (tertiary alicyclic amines) is 1. The number of aliphatic hydroxyl groups excluding tert-OH is 1. The maximum absolute atomic E-state index is 11.9. The second-order valence-corrected chi connectivity index (χ2v) is 5.11. The molecule has 0 aromatic carbocycles. The zero-order valence-electron chi connectivity index (χ0n) is 8.86. The summed E-state index contributed by atoms with van der Waals surface area (Å²) >= 11 is 1.44. The number of rotatable bonds is 2. The van der Waals surface area contributed by atoms with Crippen LogP contribution in [0.2, 0.25) is 0 Å². The van der Waals surface area contributed by atoms with Gasteiger partial charge in [-0.1, -0.05) is 0 Å². The summed E-state index contributed by atoms with van der Waals surface area (Å²) in [7, 11) is 0. The molecule has 2 heterocycles. The first-order valence-corrected chi connectivity index (χ1v) is 5.77. The lowest BCUT2D eigenvalue weighted by atomic mass is 10.0. The van der Waals surface area contributed by atoms with Crippen molar-refractivity contribution in [3.05, 3.63) is 15.6 Å². The van der Waals surface area contributed by atoms with E-state index in [0.29, 0.717) is 13.1 Å². The summed E-state index contributed by atoms with van der Waals surface area (Å²) in [6, 6.07) is 0. The summed E-state index contributed by atoms with van der Waals surface area (Å²) in [6.45, 7) is 5.28. The second-order valence-electron chi connectivity index (χ2n) is 3.91. The molecule has 0 aliphatic carbocycles. The first-order chi connectivity index (χ1) is 7.11. The van der Waals surface area contributed by atoms with Gasteiger partial charge in [-0.15, -0.1) is 11.3 Å². The average molecular weight is 226 g/mol. The highest BCUT2D eigenvalue weighted by molar-refractivity contribution is 7.13. The van der Waals surface area contributed by atoms with Crippen LogP contribution in [0.1, 0.15) is 20.4 Å². The number of aromatic nitrogens is 1. The molecule has 1 aromatic rings. The highest BCUT2D eigenvalue weighted by atomic mass is 32.1. The van der Waals surface area contributed by atoms with Crippen LogP contribution in [0.3, 0.4) is 0 Å². The fourth-order valence-electron chi connectivity index (χ4n) is 1.72. The highest BCUT2D eigenvalue weighted by Gasteiger charge is 2.32. The topological polar surface area (TPSA) is 53.4 Å².